The summed E-state index contributed by atoms with van der Waals surface area (Å²) in [6.07, 6.45) is 14.1. The van der Waals surface area contributed by atoms with Gasteiger partial charge in [0.15, 0.2) is 0 Å². The summed E-state index contributed by atoms with van der Waals surface area (Å²) in [6, 6.07) is 1.42. The molecule has 7 rings (SSSR count). The molecule has 5 heterocycles. The number of carbonyl (C=O) groups is 1. The van der Waals surface area contributed by atoms with Crippen molar-refractivity contribution in [1.29, 1.82) is 0 Å². The van der Waals surface area contributed by atoms with Gasteiger partial charge in [-0.25, -0.2) is 4.99 Å². The molecule has 228 valence electrons. The number of nitrogens with one attached hydrogen (secondary N) is 2. The van der Waals surface area contributed by atoms with Crippen LogP contribution in [0.2, 0.25) is 0 Å². The van der Waals surface area contributed by atoms with E-state index in [9.17, 15) is 9.59 Å². The number of nitrogens with zero attached hydrogens (tertiary/aromatic N) is 5. The number of carbonyl (C=O) groups excluding carboxylic acids is 1. The molecule has 9 nitrogen and oxygen atoms in total. The maximum Gasteiger partial charge on any atom is 0.258 e. The van der Waals surface area contributed by atoms with E-state index in [4.69, 9.17) is 4.99 Å². The second-order valence-electron chi connectivity index (χ2n) is 13.3. The molecule has 1 saturated heterocycles. The molecule has 6 aliphatic rings. The summed E-state index contributed by atoms with van der Waals surface area (Å²) in [5.41, 5.74) is 1.90. The minimum Gasteiger partial charge on any atom is -0.359 e. The molecule has 10 heteroatoms. The fourth-order valence-corrected chi connectivity index (χ4v) is 9.68. The molecule has 1 amide bonds. The van der Waals surface area contributed by atoms with Crippen molar-refractivity contribution in [3.05, 3.63) is 21.4 Å². The third-order valence-corrected chi connectivity index (χ3v) is 11.9. The molecule has 2 saturated carbocycles. The molecule has 3 unspecified atom stereocenters. The number of hydrogen-bond acceptors (Lipinski definition) is 8. The van der Waals surface area contributed by atoms with Gasteiger partial charge in [0.1, 0.15) is 17.2 Å². The zero-order valence-corrected chi connectivity index (χ0v) is 26.0. The van der Waals surface area contributed by atoms with Crippen LogP contribution < -0.4 is 16.1 Å². The largest absolute Gasteiger partial charge is 0.359 e. The van der Waals surface area contributed by atoms with Crippen LogP contribution in [-0.4, -0.2) is 95.0 Å². The molecule has 2 N–H and O–H groups in total. The first-order chi connectivity index (χ1) is 20.6. The highest BCUT2D eigenvalue weighted by atomic mass is 32.2. The zero-order chi connectivity index (χ0) is 28.6. The summed E-state index contributed by atoms with van der Waals surface area (Å²) in [5.74, 6) is 1.72. The summed E-state index contributed by atoms with van der Waals surface area (Å²) in [6.45, 7) is 8.22. The Hall–Kier alpha value is -2.17. The number of thioether (sulfide) groups is 1. The summed E-state index contributed by atoms with van der Waals surface area (Å²) in [7, 11) is 0. The normalized spacial score (nSPS) is 28.7. The van der Waals surface area contributed by atoms with E-state index in [1.54, 1.807) is 11.8 Å². The first-order valence-electron chi connectivity index (χ1n) is 16.6. The molecule has 0 spiro atoms. The fraction of sp³-hybridized carbons (Fsp3) is 0.750. The number of fused-ring (bicyclic) bond motifs is 5. The Balaban J connectivity index is 1.17. The van der Waals surface area contributed by atoms with Crippen LogP contribution in [0.25, 0.3) is 0 Å². The molecular weight excluding hydrogens is 546 g/mol. The second kappa shape index (κ2) is 12.4. The van der Waals surface area contributed by atoms with Gasteiger partial charge in [0, 0.05) is 73.8 Å². The standard InChI is InChI=1S/C32H47N7O2S/c1-21-18-34-22(19-33-21)20-35-31(41)28-29(40)24-12-13-27(36-30(24)39-25-10-5-6-11-26(25)42-32(28)39)38-15-7-14-37(16-17-38)23-8-3-2-4-9-23/h21,23,25-26,33H,2-20H2,1H3,(H,35,41). The van der Waals surface area contributed by atoms with Gasteiger partial charge in [0.25, 0.3) is 5.91 Å². The molecule has 0 aromatic carbocycles. The summed E-state index contributed by atoms with van der Waals surface area (Å²) >= 11 is 1.75. The molecule has 1 aromatic rings. The van der Waals surface area contributed by atoms with E-state index < -0.39 is 0 Å². The Morgan fingerprint density at radius 2 is 1.83 bits per heavy atom. The predicted molar refractivity (Wildman–Crippen MR) is 170 cm³/mol. The topological polar surface area (TPSA) is 94.3 Å². The van der Waals surface area contributed by atoms with E-state index in [0.717, 1.165) is 79.4 Å². The molecule has 1 aromatic heterocycles. The van der Waals surface area contributed by atoms with E-state index in [1.807, 2.05) is 0 Å². The quantitative estimate of drug-likeness (QED) is 0.550. The van der Waals surface area contributed by atoms with E-state index in [2.05, 4.69) is 36.9 Å². The highest BCUT2D eigenvalue weighted by Gasteiger charge is 2.41. The van der Waals surface area contributed by atoms with Gasteiger partial charge in [-0.2, -0.15) is 0 Å². The summed E-state index contributed by atoms with van der Waals surface area (Å²) < 4.78 is 2.33. The lowest BCUT2D eigenvalue weighted by molar-refractivity contribution is 0.0953. The Labute approximate surface area is 254 Å². The summed E-state index contributed by atoms with van der Waals surface area (Å²) in [5, 5.41) is 7.71. The van der Waals surface area contributed by atoms with Crippen molar-refractivity contribution in [2.24, 2.45) is 9.98 Å². The second-order valence-corrected chi connectivity index (χ2v) is 14.5. The zero-order valence-electron chi connectivity index (χ0n) is 25.2. The maximum absolute atomic E-state index is 14.1. The SMILES string of the molecule is CC1CN=C(CNC(=O)c2c3n(c4c(c2=O)CCC(N2CCCN(C5CCCCC5)CC2)=N4)C2CCCCC2S3)CN1. The smallest absolute Gasteiger partial charge is 0.258 e. The molecule has 0 radical (unpaired) electrons. The van der Waals surface area contributed by atoms with Gasteiger partial charge in [-0.05, 0) is 45.4 Å². The van der Waals surface area contributed by atoms with Crippen LogP contribution in [0.5, 0.6) is 0 Å². The van der Waals surface area contributed by atoms with Gasteiger partial charge < -0.3 is 20.1 Å². The van der Waals surface area contributed by atoms with Crippen molar-refractivity contribution in [2.45, 2.75) is 112 Å². The lowest BCUT2D eigenvalue weighted by Gasteiger charge is -2.34. The molecule has 3 fully saturated rings. The lowest BCUT2D eigenvalue weighted by Crippen LogP contribution is -2.44. The van der Waals surface area contributed by atoms with Gasteiger partial charge in [-0.15, -0.1) is 11.8 Å². The van der Waals surface area contributed by atoms with Gasteiger partial charge in [-0.3, -0.25) is 19.5 Å². The molecule has 0 bridgehead atoms. The van der Waals surface area contributed by atoms with Crippen LogP contribution in [-0.2, 0) is 6.42 Å². The number of amides is 1. The van der Waals surface area contributed by atoms with Crippen molar-refractivity contribution < 1.29 is 4.79 Å². The molecule has 2 aliphatic carbocycles. The number of pyridine rings is 1. The van der Waals surface area contributed by atoms with Gasteiger partial charge in [0.2, 0.25) is 5.43 Å². The fourth-order valence-electron chi connectivity index (χ4n) is 8.05. The van der Waals surface area contributed by atoms with E-state index >= 15 is 0 Å². The Morgan fingerprint density at radius 1 is 1.00 bits per heavy atom. The number of aromatic nitrogens is 1. The number of hydrogen-bond donors (Lipinski definition) is 2. The first-order valence-corrected chi connectivity index (χ1v) is 17.5. The lowest BCUT2D eigenvalue weighted by atomic mass is 9.93. The van der Waals surface area contributed by atoms with Gasteiger partial charge >= 0.3 is 0 Å². The highest BCUT2D eigenvalue weighted by molar-refractivity contribution is 8.00. The van der Waals surface area contributed by atoms with Crippen LogP contribution in [0.15, 0.2) is 19.8 Å². The Kier molecular flexibility index (Phi) is 8.47. The minimum atomic E-state index is -0.260. The van der Waals surface area contributed by atoms with Crippen molar-refractivity contribution in [3.63, 3.8) is 0 Å². The monoisotopic (exact) mass is 593 g/mol. The maximum atomic E-state index is 14.1. The van der Waals surface area contributed by atoms with Crippen LogP contribution >= 0.6 is 11.8 Å². The van der Waals surface area contributed by atoms with Crippen LogP contribution in [0.4, 0.5) is 5.82 Å². The van der Waals surface area contributed by atoms with Crippen LogP contribution in [0, 0.1) is 0 Å². The molecule has 3 atom stereocenters. The average molecular weight is 594 g/mol. The van der Waals surface area contributed by atoms with Crippen LogP contribution in [0.1, 0.15) is 99.5 Å². The van der Waals surface area contributed by atoms with Gasteiger partial charge in [-0.1, -0.05) is 32.1 Å². The van der Waals surface area contributed by atoms with Crippen LogP contribution in [0.3, 0.4) is 0 Å². The first kappa shape index (κ1) is 28.6. The third kappa shape index (κ3) is 5.59. The molecule has 4 aliphatic heterocycles. The van der Waals surface area contributed by atoms with Crippen molar-refractivity contribution in [1.82, 2.24) is 25.0 Å². The number of amidine groups is 1. The van der Waals surface area contributed by atoms with E-state index in [0.29, 0.717) is 42.4 Å². The summed E-state index contributed by atoms with van der Waals surface area (Å²) in [4.78, 5) is 42.9. The predicted octanol–water partition coefficient (Wildman–Crippen LogP) is 3.92. The Morgan fingerprint density at radius 3 is 2.67 bits per heavy atom. The average Bonchev–Trinajstić information content (AvgIpc) is 3.22. The molecular formula is C32H47N7O2S. The molecule has 42 heavy (non-hydrogen) atoms. The number of rotatable bonds is 4. The van der Waals surface area contributed by atoms with Gasteiger partial charge in [0.05, 0.1) is 18.1 Å². The highest BCUT2D eigenvalue weighted by Crippen LogP contribution is 2.51. The van der Waals surface area contributed by atoms with Crippen molar-refractivity contribution in [2.75, 3.05) is 45.8 Å². The van der Waals surface area contributed by atoms with Crippen molar-refractivity contribution in [3.8, 4) is 0 Å². The van der Waals surface area contributed by atoms with E-state index in [-0.39, 0.29) is 11.3 Å². The Bertz CT molecular complexity index is 1320. The third-order valence-electron chi connectivity index (χ3n) is 10.4. The minimum absolute atomic E-state index is 0.112. The van der Waals surface area contributed by atoms with Crippen molar-refractivity contribution >= 4 is 35.0 Å². The number of aliphatic imine (C=N–C) groups is 2. The van der Waals surface area contributed by atoms with E-state index in [1.165, 1.54) is 57.9 Å².